The molecule has 1 unspecified atom stereocenters. The van der Waals surface area contributed by atoms with Crippen molar-refractivity contribution in [3.8, 4) is 0 Å². The van der Waals surface area contributed by atoms with E-state index in [2.05, 4.69) is 49.1 Å². The normalized spacial score (nSPS) is 13.2. The predicted molar refractivity (Wildman–Crippen MR) is 102 cm³/mol. The van der Waals surface area contributed by atoms with Gasteiger partial charge in [0.2, 0.25) is 0 Å². The molecule has 0 saturated carbocycles. The van der Waals surface area contributed by atoms with Crippen LogP contribution in [0.25, 0.3) is 0 Å². The maximum Gasteiger partial charge on any atom is 0.193 e. The number of aliphatic imine (C=N–C) groups is 1. The summed E-state index contributed by atoms with van der Waals surface area (Å²) in [6, 6.07) is 8.38. The molecule has 0 radical (unpaired) electrons. The zero-order valence-electron chi connectivity index (χ0n) is 14.6. The third kappa shape index (κ3) is 6.70. The number of rotatable bonds is 9. The zero-order valence-corrected chi connectivity index (χ0v) is 14.6. The van der Waals surface area contributed by atoms with Gasteiger partial charge in [-0.1, -0.05) is 43.7 Å². The highest BCUT2D eigenvalue weighted by Gasteiger charge is 2.19. The van der Waals surface area contributed by atoms with Crippen LogP contribution in [0.5, 0.6) is 0 Å². The Morgan fingerprint density at radius 1 is 1.22 bits per heavy atom. The second-order valence-corrected chi connectivity index (χ2v) is 6.06. The van der Waals surface area contributed by atoms with Crippen LogP contribution in [0.15, 0.2) is 54.6 Å². The summed E-state index contributed by atoms with van der Waals surface area (Å²) in [6.07, 6.45) is 3.83. The van der Waals surface area contributed by atoms with Crippen LogP contribution in [0, 0.1) is 12.8 Å². The Bertz CT molecular complexity index is 507. The molecular weight excluding hydrogens is 284 g/mol. The minimum atomic E-state index is 0.296. The molecule has 1 aromatic carbocycles. The topological polar surface area (TPSA) is 53.6 Å². The van der Waals surface area contributed by atoms with E-state index in [1.807, 2.05) is 36.4 Å². The summed E-state index contributed by atoms with van der Waals surface area (Å²) in [5, 5.41) is 3.14. The minimum absolute atomic E-state index is 0.296. The monoisotopic (exact) mass is 314 g/mol. The van der Waals surface area contributed by atoms with Crippen molar-refractivity contribution in [1.82, 2.24) is 4.90 Å². The second kappa shape index (κ2) is 9.85. The smallest absolute Gasteiger partial charge is 0.193 e. The predicted octanol–water partition coefficient (Wildman–Crippen LogP) is 3.42. The second-order valence-electron chi connectivity index (χ2n) is 6.06. The summed E-state index contributed by atoms with van der Waals surface area (Å²) in [5.41, 5.74) is 8.19. The van der Waals surface area contributed by atoms with Crippen molar-refractivity contribution in [1.29, 1.82) is 0 Å². The molecule has 0 aliphatic carbocycles. The van der Waals surface area contributed by atoms with E-state index in [9.17, 15) is 0 Å². The van der Waals surface area contributed by atoms with E-state index in [1.54, 1.807) is 0 Å². The Balaban J connectivity index is 2.72. The molecule has 0 spiro atoms. The molecule has 0 aliphatic rings. The standard InChI is InChI=1S/C19H30N4/c1-6-12-23(13-7-2)18(15(3)4)14-21-19(20)22-17-10-8-16(5)9-11-17/h6-11,15,18H,1-2,12-14H2,3-5H3,(H3,20,21,22). The largest absolute Gasteiger partial charge is 0.370 e. The van der Waals surface area contributed by atoms with E-state index in [0.29, 0.717) is 24.5 Å². The highest BCUT2D eigenvalue weighted by molar-refractivity contribution is 5.92. The van der Waals surface area contributed by atoms with Crippen molar-refractivity contribution in [3.63, 3.8) is 0 Å². The van der Waals surface area contributed by atoms with Crippen molar-refractivity contribution in [3.05, 3.63) is 55.1 Å². The number of anilines is 1. The van der Waals surface area contributed by atoms with Crippen molar-refractivity contribution in [2.75, 3.05) is 25.0 Å². The molecule has 126 valence electrons. The van der Waals surface area contributed by atoms with Gasteiger partial charge in [0.25, 0.3) is 0 Å². The van der Waals surface area contributed by atoms with Gasteiger partial charge in [-0.25, -0.2) is 0 Å². The maximum atomic E-state index is 6.02. The molecule has 0 saturated heterocycles. The highest BCUT2D eigenvalue weighted by Crippen LogP contribution is 2.12. The molecule has 0 bridgehead atoms. The number of aryl methyl sites for hydroxylation is 1. The first kappa shape index (κ1) is 19.0. The van der Waals surface area contributed by atoms with Crippen molar-refractivity contribution in [2.45, 2.75) is 26.8 Å². The van der Waals surface area contributed by atoms with Crippen LogP contribution >= 0.6 is 0 Å². The van der Waals surface area contributed by atoms with Crippen LogP contribution < -0.4 is 11.1 Å². The summed E-state index contributed by atoms with van der Waals surface area (Å²) < 4.78 is 0. The zero-order chi connectivity index (χ0) is 17.2. The first-order valence-electron chi connectivity index (χ1n) is 8.07. The first-order chi connectivity index (χ1) is 11.0. The van der Waals surface area contributed by atoms with Gasteiger partial charge in [0.1, 0.15) is 0 Å². The average Bonchev–Trinajstić information content (AvgIpc) is 2.50. The number of hydrogen-bond donors (Lipinski definition) is 2. The molecule has 4 heteroatoms. The highest BCUT2D eigenvalue weighted by atomic mass is 15.2. The molecule has 0 fully saturated rings. The van der Waals surface area contributed by atoms with Crippen molar-refractivity contribution < 1.29 is 0 Å². The van der Waals surface area contributed by atoms with Gasteiger partial charge in [-0.05, 0) is 25.0 Å². The van der Waals surface area contributed by atoms with Crippen molar-refractivity contribution >= 4 is 11.6 Å². The average molecular weight is 314 g/mol. The summed E-state index contributed by atoms with van der Waals surface area (Å²) in [5.74, 6) is 0.905. The Hall–Kier alpha value is -2.07. The Morgan fingerprint density at radius 2 is 1.78 bits per heavy atom. The third-order valence-electron chi connectivity index (χ3n) is 3.74. The van der Waals surface area contributed by atoms with E-state index in [0.717, 1.165) is 18.8 Å². The van der Waals surface area contributed by atoms with Crippen LogP contribution in [0.2, 0.25) is 0 Å². The fraction of sp³-hybridized carbons (Fsp3) is 0.421. The molecule has 0 aromatic heterocycles. The van der Waals surface area contributed by atoms with Gasteiger partial charge in [-0.2, -0.15) is 0 Å². The lowest BCUT2D eigenvalue weighted by Gasteiger charge is -2.31. The quantitative estimate of drug-likeness (QED) is 0.417. The molecular formula is C19H30N4. The van der Waals surface area contributed by atoms with Crippen LogP contribution in [0.4, 0.5) is 5.69 Å². The van der Waals surface area contributed by atoms with E-state index < -0.39 is 0 Å². The Labute approximate surface area is 140 Å². The first-order valence-corrected chi connectivity index (χ1v) is 8.07. The Kier molecular flexibility index (Phi) is 8.13. The van der Waals surface area contributed by atoms with Crippen LogP contribution in [0.1, 0.15) is 19.4 Å². The molecule has 23 heavy (non-hydrogen) atoms. The molecule has 1 aromatic rings. The molecule has 1 atom stereocenters. The summed E-state index contributed by atoms with van der Waals surface area (Å²) in [4.78, 5) is 6.83. The summed E-state index contributed by atoms with van der Waals surface area (Å²) in [7, 11) is 0. The van der Waals surface area contributed by atoms with E-state index in [-0.39, 0.29) is 0 Å². The van der Waals surface area contributed by atoms with Crippen molar-refractivity contribution in [2.24, 2.45) is 16.6 Å². The number of nitrogens with zero attached hydrogens (tertiary/aromatic N) is 2. The van der Waals surface area contributed by atoms with Crippen LogP contribution in [0.3, 0.4) is 0 Å². The Morgan fingerprint density at radius 3 is 2.26 bits per heavy atom. The fourth-order valence-electron chi connectivity index (χ4n) is 2.44. The van der Waals surface area contributed by atoms with Gasteiger partial charge < -0.3 is 11.1 Å². The molecule has 4 nitrogen and oxygen atoms in total. The molecule has 3 N–H and O–H groups in total. The van der Waals surface area contributed by atoms with E-state index in [1.165, 1.54) is 5.56 Å². The van der Waals surface area contributed by atoms with Gasteiger partial charge in [-0.3, -0.25) is 9.89 Å². The van der Waals surface area contributed by atoms with Crippen LogP contribution in [-0.2, 0) is 0 Å². The van der Waals surface area contributed by atoms with Gasteiger partial charge in [0, 0.05) is 24.8 Å². The number of guanidine groups is 1. The third-order valence-corrected chi connectivity index (χ3v) is 3.74. The van der Waals surface area contributed by atoms with Gasteiger partial charge in [0.05, 0.1) is 6.54 Å². The van der Waals surface area contributed by atoms with Gasteiger partial charge in [0.15, 0.2) is 5.96 Å². The molecule has 0 amide bonds. The lowest BCUT2D eigenvalue weighted by molar-refractivity contribution is 0.196. The lowest BCUT2D eigenvalue weighted by Crippen LogP contribution is -2.42. The van der Waals surface area contributed by atoms with Gasteiger partial charge in [-0.15, -0.1) is 13.2 Å². The van der Waals surface area contributed by atoms with E-state index >= 15 is 0 Å². The summed E-state index contributed by atoms with van der Waals surface area (Å²) in [6.45, 7) is 16.4. The minimum Gasteiger partial charge on any atom is -0.370 e. The molecule has 1 rings (SSSR count). The number of nitrogens with two attached hydrogens (primary N) is 1. The SMILES string of the molecule is C=CCN(CC=C)C(CN=C(N)Nc1ccc(C)cc1)C(C)C. The summed E-state index contributed by atoms with van der Waals surface area (Å²) >= 11 is 0. The maximum absolute atomic E-state index is 6.02. The lowest BCUT2D eigenvalue weighted by atomic mass is 10.0. The number of hydrogen-bond acceptors (Lipinski definition) is 2. The molecule has 0 aliphatic heterocycles. The number of nitrogens with one attached hydrogen (secondary N) is 1. The van der Waals surface area contributed by atoms with Gasteiger partial charge >= 0.3 is 0 Å². The fourth-order valence-corrected chi connectivity index (χ4v) is 2.44. The van der Waals surface area contributed by atoms with Crippen LogP contribution in [-0.4, -0.2) is 36.5 Å². The van der Waals surface area contributed by atoms with E-state index in [4.69, 9.17) is 5.73 Å². The number of benzene rings is 1. The molecule has 0 heterocycles.